The number of benzene rings is 2. The zero-order chi connectivity index (χ0) is 18.3. The smallest absolute Gasteiger partial charge is 0.256 e. The minimum atomic E-state index is 0.0699. The molecule has 1 amide bonds. The van der Waals surface area contributed by atoms with Crippen LogP contribution >= 0.6 is 0 Å². The Hall–Kier alpha value is -2.33. The molecule has 0 atom stereocenters. The summed E-state index contributed by atoms with van der Waals surface area (Å²) in [6, 6.07) is 14.7. The molecule has 1 fully saturated rings. The van der Waals surface area contributed by atoms with Crippen LogP contribution in [0, 0.1) is 0 Å². The molecule has 2 N–H and O–H groups in total. The van der Waals surface area contributed by atoms with Crippen molar-refractivity contribution in [3.8, 4) is 0 Å². The standard InChI is InChI=1S/C22H27N3O/c1-24(2)15-22(10-11-22)18-7-3-5-16(13-18)9-12-25-14-17-6-4-8-19(23)20(17)21(25)26/h3-8,13H,9-12,14-15,23H2,1-2H3. The summed E-state index contributed by atoms with van der Waals surface area (Å²) < 4.78 is 0. The molecule has 0 bridgehead atoms. The third-order valence-corrected chi connectivity index (χ3v) is 5.73. The van der Waals surface area contributed by atoms with E-state index in [4.69, 9.17) is 5.73 Å². The molecule has 0 aromatic heterocycles. The normalized spacial score (nSPS) is 17.7. The minimum Gasteiger partial charge on any atom is -0.398 e. The number of amides is 1. The first kappa shape index (κ1) is 17.1. The van der Waals surface area contributed by atoms with Crippen molar-refractivity contribution in [2.24, 2.45) is 0 Å². The molecule has 2 aromatic rings. The monoisotopic (exact) mass is 349 g/mol. The van der Waals surface area contributed by atoms with Gasteiger partial charge in [-0.25, -0.2) is 0 Å². The number of anilines is 1. The van der Waals surface area contributed by atoms with Crippen LogP contribution in [0.1, 0.15) is 39.9 Å². The molecule has 26 heavy (non-hydrogen) atoms. The van der Waals surface area contributed by atoms with E-state index in [1.807, 2.05) is 23.1 Å². The summed E-state index contributed by atoms with van der Waals surface area (Å²) in [5.41, 5.74) is 11.4. The van der Waals surface area contributed by atoms with Crippen molar-refractivity contribution in [3.63, 3.8) is 0 Å². The molecule has 0 unspecified atom stereocenters. The summed E-state index contributed by atoms with van der Waals surface area (Å²) in [5, 5.41) is 0. The van der Waals surface area contributed by atoms with Crippen LogP contribution in [0.4, 0.5) is 5.69 Å². The molecular weight excluding hydrogens is 322 g/mol. The van der Waals surface area contributed by atoms with Crippen LogP contribution in [0.2, 0.25) is 0 Å². The summed E-state index contributed by atoms with van der Waals surface area (Å²) in [6.45, 7) is 2.51. The van der Waals surface area contributed by atoms with Gasteiger partial charge in [0.2, 0.25) is 0 Å². The summed E-state index contributed by atoms with van der Waals surface area (Å²) in [6.07, 6.45) is 3.42. The lowest BCUT2D eigenvalue weighted by atomic mass is 9.93. The molecular formula is C22H27N3O. The molecule has 0 saturated heterocycles. The molecule has 1 saturated carbocycles. The number of nitrogens with zero attached hydrogens (tertiary/aromatic N) is 2. The topological polar surface area (TPSA) is 49.6 Å². The van der Waals surface area contributed by atoms with Crippen LogP contribution in [0.3, 0.4) is 0 Å². The maximum Gasteiger partial charge on any atom is 0.256 e. The van der Waals surface area contributed by atoms with Crippen LogP contribution in [0.25, 0.3) is 0 Å². The lowest BCUT2D eigenvalue weighted by molar-refractivity contribution is 0.0781. The molecule has 1 aliphatic heterocycles. The van der Waals surface area contributed by atoms with E-state index in [1.54, 1.807) is 0 Å². The van der Waals surface area contributed by atoms with Gasteiger partial charge in [0.05, 0.1) is 5.56 Å². The number of fused-ring (bicyclic) bond motifs is 1. The number of likely N-dealkylation sites (N-methyl/N-ethyl adjacent to an activating group) is 1. The number of hydrogen-bond donors (Lipinski definition) is 1. The largest absolute Gasteiger partial charge is 0.398 e. The van der Waals surface area contributed by atoms with Gasteiger partial charge in [0, 0.05) is 30.7 Å². The van der Waals surface area contributed by atoms with Crippen molar-refractivity contribution in [1.82, 2.24) is 9.80 Å². The Balaban J connectivity index is 1.44. The molecule has 4 rings (SSSR count). The number of rotatable bonds is 6. The zero-order valence-electron chi connectivity index (χ0n) is 15.7. The maximum absolute atomic E-state index is 12.6. The molecule has 0 spiro atoms. The first-order valence-electron chi connectivity index (χ1n) is 9.39. The van der Waals surface area contributed by atoms with Crippen molar-refractivity contribution in [2.45, 2.75) is 31.2 Å². The highest BCUT2D eigenvalue weighted by molar-refractivity contribution is 6.03. The lowest BCUT2D eigenvalue weighted by Gasteiger charge is -2.21. The van der Waals surface area contributed by atoms with Crippen LogP contribution in [0.15, 0.2) is 42.5 Å². The first-order valence-corrected chi connectivity index (χ1v) is 9.39. The predicted octanol–water partition coefficient (Wildman–Crippen LogP) is 3.06. The van der Waals surface area contributed by atoms with Crippen molar-refractivity contribution in [3.05, 3.63) is 64.7 Å². The van der Waals surface area contributed by atoms with Crippen molar-refractivity contribution < 1.29 is 4.79 Å². The molecule has 4 heteroatoms. The Morgan fingerprint density at radius 3 is 2.62 bits per heavy atom. The predicted molar refractivity (Wildman–Crippen MR) is 105 cm³/mol. The Morgan fingerprint density at radius 2 is 1.92 bits per heavy atom. The Kier molecular flexibility index (Phi) is 4.23. The van der Waals surface area contributed by atoms with Gasteiger partial charge in [-0.15, -0.1) is 0 Å². The Morgan fingerprint density at radius 1 is 1.15 bits per heavy atom. The highest BCUT2D eigenvalue weighted by Crippen LogP contribution is 2.48. The van der Waals surface area contributed by atoms with Gasteiger partial charge in [-0.05, 0) is 56.1 Å². The second kappa shape index (κ2) is 6.44. The van der Waals surface area contributed by atoms with Gasteiger partial charge >= 0.3 is 0 Å². The number of carbonyl (C=O) groups excluding carboxylic acids is 1. The van der Waals surface area contributed by atoms with Gasteiger partial charge in [0.15, 0.2) is 0 Å². The quantitative estimate of drug-likeness (QED) is 0.816. The second-order valence-electron chi connectivity index (χ2n) is 8.08. The molecule has 1 heterocycles. The number of carbonyl (C=O) groups is 1. The van der Waals surface area contributed by atoms with Crippen LogP contribution in [-0.4, -0.2) is 42.9 Å². The second-order valence-corrected chi connectivity index (χ2v) is 8.08. The maximum atomic E-state index is 12.6. The van der Waals surface area contributed by atoms with Gasteiger partial charge in [0.25, 0.3) is 5.91 Å². The zero-order valence-corrected chi connectivity index (χ0v) is 15.7. The average Bonchev–Trinajstić information content (AvgIpc) is 3.30. The van der Waals surface area contributed by atoms with Crippen molar-refractivity contribution >= 4 is 11.6 Å². The van der Waals surface area contributed by atoms with E-state index in [9.17, 15) is 4.79 Å². The van der Waals surface area contributed by atoms with E-state index in [-0.39, 0.29) is 5.91 Å². The van der Waals surface area contributed by atoms with Crippen LogP contribution in [-0.2, 0) is 18.4 Å². The fourth-order valence-electron chi connectivity index (χ4n) is 4.24. The fraction of sp³-hybridized carbons (Fsp3) is 0.409. The summed E-state index contributed by atoms with van der Waals surface area (Å²) in [7, 11) is 4.29. The van der Waals surface area contributed by atoms with Gasteiger partial charge in [-0.2, -0.15) is 0 Å². The lowest BCUT2D eigenvalue weighted by Crippen LogP contribution is -2.27. The Bertz CT molecular complexity index is 839. The molecule has 4 nitrogen and oxygen atoms in total. The third kappa shape index (κ3) is 3.10. The fourth-order valence-corrected chi connectivity index (χ4v) is 4.24. The summed E-state index contributed by atoms with van der Waals surface area (Å²) >= 11 is 0. The SMILES string of the molecule is CN(C)CC1(c2cccc(CCN3Cc4cccc(N)c4C3=O)c2)CC1. The average molecular weight is 349 g/mol. The van der Waals surface area contributed by atoms with Crippen LogP contribution in [0.5, 0.6) is 0 Å². The number of nitrogen functional groups attached to an aromatic ring is 1. The van der Waals surface area contributed by atoms with E-state index in [0.717, 1.165) is 25.1 Å². The van der Waals surface area contributed by atoms with E-state index in [2.05, 4.69) is 43.3 Å². The number of hydrogen-bond acceptors (Lipinski definition) is 3. The third-order valence-electron chi connectivity index (χ3n) is 5.73. The summed E-state index contributed by atoms with van der Waals surface area (Å²) in [5.74, 6) is 0.0699. The van der Waals surface area contributed by atoms with Gasteiger partial charge in [-0.3, -0.25) is 4.79 Å². The van der Waals surface area contributed by atoms with Gasteiger partial charge in [-0.1, -0.05) is 36.4 Å². The van der Waals surface area contributed by atoms with E-state index < -0.39 is 0 Å². The highest BCUT2D eigenvalue weighted by Gasteiger charge is 2.44. The van der Waals surface area contributed by atoms with Crippen molar-refractivity contribution in [1.29, 1.82) is 0 Å². The van der Waals surface area contributed by atoms with Gasteiger partial charge in [0.1, 0.15) is 0 Å². The highest BCUT2D eigenvalue weighted by atomic mass is 16.2. The van der Waals surface area contributed by atoms with Gasteiger partial charge < -0.3 is 15.5 Å². The molecule has 2 aromatic carbocycles. The first-order chi connectivity index (χ1) is 12.5. The summed E-state index contributed by atoms with van der Waals surface area (Å²) in [4.78, 5) is 16.8. The van der Waals surface area contributed by atoms with E-state index in [1.165, 1.54) is 24.0 Å². The molecule has 2 aliphatic rings. The molecule has 0 radical (unpaired) electrons. The molecule has 136 valence electrons. The van der Waals surface area contributed by atoms with Crippen molar-refractivity contribution in [2.75, 3.05) is 32.9 Å². The van der Waals surface area contributed by atoms with Crippen LogP contribution < -0.4 is 5.73 Å². The Labute approximate surface area is 155 Å². The number of nitrogens with two attached hydrogens (primary N) is 1. The van der Waals surface area contributed by atoms with E-state index >= 15 is 0 Å². The minimum absolute atomic E-state index is 0.0699. The molecule has 1 aliphatic carbocycles. The van der Waals surface area contributed by atoms with E-state index in [0.29, 0.717) is 23.2 Å².